The first-order chi connectivity index (χ1) is 11.3. The summed E-state index contributed by atoms with van der Waals surface area (Å²) in [5.41, 5.74) is 4.65. The van der Waals surface area contributed by atoms with E-state index in [9.17, 15) is 0 Å². The molecule has 112 valence electrons. The average molecular weight is 298 g/mol. The Morgan fingerprint density at radius 2 is 1.74 bits per heavy atom. The Bertz CT molecular complexity index is 973. The topological polar surface area (TPSA) is 9.23 Å². The van der Waals surface area contributed by atoms with Gasteiger partial charge in [-0.2, -0.15) is 0 Å². The number of fused-ring (bicyclic) bond motifs is 4. The number of rotatable bonds is 0. The van der Waals surface area contributed by atoms with Gasteiger partial charge in [-0.25, -0.2) is 0 Å². The number of aryl methyl sites for hydroxylation is 1. The molecule has 0 radical (unpaired) electrons. The molecule has 1 aliphatic heterocycles. The molecule has 0 amide bonds. The van der Waals surface area contributed by atoms with Crippen molar-refractivity contribution in [2.75, 3.05) is 0 Å². The van der Waals surface area contributed by atoms with E-state index in [-0.39, 0.29) is 5.60 Å². The molecule has 2 aliphatic carbocycles. The van der Waals surface area contributed by atoms with E-state index in [4.69, 9.17) is 4.74 Å². The second-order valence-corrected chi connectivity index (χ2v) is 7.48. The summed E-state index contributed by atoms with van der Waals surface area (Å²) >= 11 is 0. The molecule has 0 saturated heterocycles. The minimum Gasteiger partial charge on any atom is -0.482 e. The van der Waals surface area contributed by atoms with E-state index >= 15 is 0 Å². The summed E-state index contributed by atoms with van der Waals surface area (Å²) < 4.78 is 6.72. The average Bonchev–Trinajstić information content (AvgIpc) is 3.29. The second kappa shape index (κ2) is 3.79. The molecule has 0 bridgehead atoms. The van der Waals surface area contributed by atoms with Crippen molar-refractivity contribution in [1.82, 2.24) is 0 Å². The summed E-state index contributed by atoms with van der Waals surface area (Å²) in [6.07, 6.45) is 4.80. The highest BCUT2D eigenvalue weighted by Crippen LogP contribution is 2.74. The van der Waals surface area contributed by atoms with E-state index in [0.717, 1.165) is 12.2 Å². The Labute approximate surface area is 135 Å². The first-order valence-corrected chi connectivity index (χ1v) is 8.59. The van der Waals surface area contributed by atoms with Crippen LogP contribution in [0, 0.1) is 5.41 Å². The Kier molecular flexibility index (Phi) is 2.01. The summed E-state index contributed by atoms with van der Waals surface area (Å²) in [5.74, 6) is 1.11. The van der Waals surface area contributed by atoms with Gasteiger partial charge in [0.05, 0.1) is 0 Å². The van der Waals surface area contributed by atoms with E-state index in [1.165, 1.54) is 46.7 Å². The lowest BCUT2D eigenvalue weighted by molar-refractivity contribution is 0.0923. The van der Waals surface area contributed by atoms with Crippen LogP contribution in [0.25, 0.3) is 10.8 Å². The molecule has 2 atom stereocenters. The fourth-order valence-electron chi connectivity index (χ4n) is 5.22. The third-order valence-electron chi connectivity index (χ3n) is 6.44. The van der Waals surface area contributed by atoms with Gasteiger partial charge in [-0.05, 0) is 47.2 Å². The third-order valence-corrected chi connectivity index (χ3v) is 6.44. The minimum atomic E-state index is -0.0443. The van der Waals surface area contributed by atoms with Crippen molar-refractivity contribution in [2.24, 2.45) is 5.41 Å². The Morgan fingerprint density at radius 3 is 2.74 bits per heavy atom. The first-order valence-electron chi connectivity index (χ1n) is 8.59. The highest BCUT2D eigenvalue weighted by molar-refractivity contribution is 5.88. The van der Waals surface area contributed by atoms with Crippen molar-refractivity contribution in [2.45, 2.75) is 31.3 Å². The predicted octanol–water partition coefficient (Wildman–Crippen LogP) is 5.01. The van der Waals surface area contributed by atoms with Gasteiger partial charge in [-0.15, -0.1) is 0 Å². The molecule has 3 aliphatic rings. The fourth-order valence-corrected chi connectivity index (χ4v) is 5.22. The molecule has 23 heavy (non-hydrogen) atoms. The maximum atomic E-state index is 6.72. The van der Waals surface area contributed by atoms with E-state index in [2.05, 4.69) is 60.7 Å². The summed E-state index contributed by atoms with van der Waals surface area (Å²) in [4.78, 5) is 0. The molecular weight excluding hydrogens is 280 g/mol. The molecule has 2 unspecified atom stereocenters. The monoisotopic (exact) mass is 298 g/mol. The standard InChI is InChI=1S/C22H18O/c1-3-7-17-15(5-1)9-10-20-18(17)13-21-12-11-16-6-2-4-8-19(16)22(21,14-21)23-20/h1-10H,11-14H2. The maximum absolute atomic E-state index is 6.72. The molecule has 1 heteroatoms. The van der Waals surface area contributed by atoms with E-state index in [1.807, 2.05) is 0 Å². The summed E-state index contributed by atoms with van der Waals surface area (Å²) in [6, 6.07) is 22.0. The molecule has 1 fully saturated rings. The van der Waals surface area contributed by atoms with Crippen LogP contribution in [-0.4, -0.2) is 0 Å². The van der Waals surface area contributed by atoms with Crippen molar-refractivity contribution in [3.63, 3.8) is 0 Å². The van der Waals surface area contributed by atoms with Crippen LogP contribution in [0.2, 0.25) is 0 Å². The number of ether oxygens (including phenoxy) is 1. The SMILES string of the molecule is c1ccc2c(c1)CCC13Cc4c(ccc5ccccc45)OC21C3. The zero-order valence-electron chi connectivity index (χ0n) is 13.0. The Hall–Kier alpha value is -2.28. The lowest BCUT2D eigenvalue weighted by Gasteiger charge is -2.38. The zero-order chi connectivity index (χ0) is 15.1. The van der Waals surface area contributed by atoms with Gasteiger partial charge in [0.25, 0.3) is 0 Å². The van der Waals surface area contributed by atoms with Crippen LogP contribution >= 0.6 is 0 Å². The van der Waals surface area contributed by atoms with Gasteiger partial charge < -0.3 is 4.74 Å². The van der Waals surface area contributed by atoms with Crippen LogP contribution in [0.3, 0.4) is 0 Å². The van der Waals surface area contributed by atoms with Crippen LogP contribution in [0.1, 0.15) is 29.5 Å². The van der Waals surface area contributed by atoms with Crippen LogP contribution in [-0.2, 0) is 18.4 Å². The molecule has 3 aromatic carbocycles. The Morgan fingerprint density at radius 1 is 0.870 bits per heavy atom. The van der Waals surface area contributed by atoms with Crippen molar-refractivity contribution in [3.05, 3.63) is 77.4 Å². The molecular formula is C22H18O. The highest BCUT2D eigenvalue weighted by atomic mass is 16.5. The zero-order valence-corrected chi connectivity index (χ0v) is 13.0. The van der Waals surface area contributed by atoms with Gasteiger partial charge >= 0.3 is 0 Å². The van der Waals surface area contributed by atoms with Gasteiger partial charge in [-0.3, -0.25) is 0 Å². The molecule has 6 rings (SSSR count). The molecule has 1 nitrogen and oxygen atoms in total. The lowest BCUT2D eigenvalue weighted by Crippen LogP contribution is -2.35. The molecule has 0 spiro atoms. The number of hydrogen-bond acceptors (Lipinski definition) is 1. The summed E-state index contributed by atoms with van der Waals surface area (Å²) in [7, 11) is 0. The van der Waals surface area contributed by atoms with Gasteiger partial charge in [-0.1, -0.05) is 54.6 Å². The second-order valence-electron chi connectivity index (χ2n) is 7.48. The van der Waals surface area contributed by atoms with Crippen LogP contribution in [0.4, 0.5) is 0 Å². The highest BCUT2D eigenvalue weighted by Gasteiger charge is 2.73. The van der Waals surface area contributed by atoms with Crippen molar-refractivity contribution >= 4 is 10.8 Å². The largest absolute Gasteiger partial charge is 0.482 e. The quantitative estimate of drug-likeness (QED) is 0.567. The molecule has 1 saturated carbocycles. The summed E-state index contributed by atoms with van der Waals surface area (Å²) in [6.45, 7) is 0. The number of hydrogen-bond donors (Lipinski definition) is 0. The molecule has 1 heterocycles. The Balaban J connectivity index is 1.59. The minimum absolute atomic E-state index is 0.0443. The van der Waals surface area contributed by atoms with E-state index in [0.29, 0.717) is 5.41 Å². The molecule has 0 N–H and O–H groups in total. The van der Waals surface area contributed by atoms with Crippen molar-refractivity contribution in [1.29, 1.82) is 0 Å². The molecule has 0 aromatic heterocycles. The molecule has 3 aromatic rings. The third kappa shape index (κ3) is 1.35. The van der Waals surface area contributed by atoms with Crippen LogP contribution < -0.4 is 4.74 Å². The van der Waals surface area contributed by atoms with Gasteiger partial charge in [0.2, 0.25) is 0 Å². The van der Waals surface area contributed by atoms with Crippen LogP contribution in [0.15, 0.2) is 60.7 Å². The van der Waals surface area contributed by atoms with E-state index in [1.54, 1.807) is 0 Å². The fraction of sp³-hybridized carbons (Fsp3) is 0.273. The summed E-state index contributed by atoms with van der Waals surface area (Å²) in [5, 5.41) is 2.70. The van der Waals surface area contributed by atoms with Gasteiger partial charge in [0.15, 0.2) is 0 Å². The van der Waals surface area contributed by atoms with Crippen molar-refractivity contribution < 1.29 is 4.74 Å². The van der Waals surface area contributed by atoms with Crippen LogP contribution in [0.5, 0.6) is 5.75 Å². The lowest BCUT2D eigenvalue weighted by atomic mass is 9.76. The van der Waals surface area contributed by atoms with E-state index < -0.39 is 0 Å². The maximum Gasteiger partial charge on any atom is 0.141 e. The smallest absolute Gasteiger partial charge is 0.141 e. The van der Waals surface area contributed by atoms with Crippen molar-refractivity contribution in [3.8, 4) is 5.75 Å². The van der Waals surface area contributed by atoms with Gasteiger partial charge in [0, 0.05) is 17.4 Å². The normalized spacial score (nSPS) is 29.7. The van der Waals surface area contributed by atoms with Gasteiger partial charge in [0.1, 0.15) is 11.4 Å². The predicted molar refractivity (Wildman–Crippen MR) is 91.8 cm³/mol. The number of benzene rings is 3. The first kappa shape index (κ1) is 12.2.